The molecule has 0 spiro atoms. The number of amides is 1. The molecule has 3 N–H and O–H groups in total. The maximum atomic E-state index is 11.7. The van der Waals surface area contributed by atoms with Crippen molar-refractivity contribution in [3.05, 3.63) is 23.8 Å². The fraction of sp³-hybridized carbons (Fsp3) is 0.652. The third-order valence-corrected chi connectivity index (χ3v) is 5.22. The number of guanidine groups is 1. The van der Waals surface area contributed by atoms with Crippen molar-refractivity contribution in [3.63, 3.8) is 0 Å². The van der Waals surface area contributed by atoms with E-state index >= 15 is 0 Å². The molecule has 0 unspecified atom stereocenters. The second-order valence-electron chi connectivity index (χ2n) is 7.55. The van der Waals surface area contributed by atoms with Crippen LogP contribution in [0.4, 0.5) is 0 Å². The first kappa shape index (κ1) is 24.8. The van der Waals surface area contributed by atoms with Crippen LogP contribution in [0, 0.1) is 5.92 Å². The summed E-state index contributed by atoms with van der Waals surface area (Å²) in [6, 6.07) is 5.92. The average molecular weight is 434 g/mol. The Balaban J connectivity index is 1.84. The van der Waals surface area contributed by atoms with Gasteiger partial charge in [-0.05, 0) is 50.6 Å². The zero-order valence-corrected chi connectivity index (χ0v) is 19.5. The molecule has 0 atom stereocenters. The largest absolute Gasteiger partial charge is 0.493 e. The topological polar surface area (TPSA) is 87.2 Å². The Morgan fingerprint density at radius 2 is 1.84 bits per heavy atom. The quantitative estimate of drug-likeness (QED) is 0.236. The van der Waals surface area contributed by atoms with E-state index in [1.165, 1.54) is 0 Å². The van der Waals surface area contributed by atoms with Crippen molar-refractivity contribution >= 4 is 11.9 Å². The second-order valence-corrected chi connectivity index (χ2v) is 7.55. The van der Waals surface area contributed by atoms with E-state index in [0.717, 1.165) is 56.3 Å². The van der Waals surface area contributed by atoms with Gasteiger partial charge < -0.3 is 30.3 Å². The van der Waals surface area contributed by atoms with Crippen molar-refractivity contribution in [3.8, 4) is 11.5 Å². The van der Waals surface area contributed by atoms with Gasteiger partial charge in [0.15, 0.2) is 17.5 Å². The normalized spacial score (nSPS) is 13.8. The highest BCUT2D eigenvalue weighted by Gasteiger charge is 2.28. The molecule has 1 aromatic rings. The van der Waals surface area contributed by atoms with Crippen LogP contribution in [0.15, 0.2) is 23.2 Å². The monoisotopic (exact) mass is 433 g/mol. The van der Waals surface area contributed by atoms with Crippen LogP contribution < -0.4 is 25.4 Å². The molecule has 0 saturated heterocycles. The molecule has 1 aromatic carbocycles. The van der Waals surface area contributed by atoms with Gasteiger partial charge >= 0.3 is 0 Å². The number of ether oxygens (including phenoxy) is 2. The number of aliphatic imine (C=N–C) groups is 1. The Morgan fingerprint density at radius 1 is 1.10 bits per heavy atom. The van der Waals surface area contributed by atoms with E-state index in [1.54, 1.807) is 7.11 Å². The molecule has 31 heavy (non-hydrogen) atoms. The van der Waals surface area contributed by atoms with E-state index in [4.69, 9.17) is 9.47 Å². The lowest BCUT2D eigenvalue weighted by molar-refractivity contribution is -0.122. The number of nitrogens with one attached hydrogen (secondary N) is 3. The van der Waals surface area contributed by atoms with E-state index in [0.29, 0.717) is 32.0 Å². The Morgan fingerprint density at radius 3 is 2.48 bits per heavy atom. The summed E-state index contributed by atoms with van der Waals surface area (Å²) in [5.41, 5.74) is 1.03. The van der Waals surface area contributed by atoms with Crippen molar-refractivity contribution in [2.45, 2.75) is 40.2 Å². The SMILES string of the molecule is CCNC(=NCc1ccc(OCCN(CC)CC)c(OC)c1)NCCNC(=O)C1CC1. The number of rotatable bonds is 14. The standard InChI is InChI=1S/C23H39N5O3/c1-5-24-23(26-13-12-25-22(29)19-9-10-19)27-17-18-8-11-20(21(16-18)30-4)31-15-14-28(6-2)7-3/h8,11,16,19H,5-7,9-10,12-15,17H2,1-4H3,(H,25,29)(H2,24,26,27). The first-order chi connectivity index (χ1) is 15.1. The third-order valence-electron chi connectivity index (χ3n) is 5.22. The van der Waals surface area contributed by atoms with Crippen LogP contribution in [0.5, 0.6) is 11.5 Å². The van der Waals surface area contributed by atoms with E-state index in [1.807, 2.05) is 25.1 Å². The number of methoxy groups -OCH3 is 1. The molecule has 174 valence electrons. The van der Waals surface area contributed by atoms with Gasteiger partial charge in [-0.15, -0.1) is 0 Å². The number of nitrogens with zero attached hydrogens (tertiary/aromatic N) is 2. The number of likely N-dealkylation sites (N-methyl/N-ethyl adjacent to an activating group) is 1. The highest BCUT2D eigenvalue weighted by molar-refractivity contribution is 5.81. The molecule has 8 heteroatoms. The predicted molar refractivity (Wildman–Crippen MR) is 125 cm³/mol. The highest BCUT2D eigenvalue weighted by atomic mass is 16.5. The van der Waals surface area contributed by atoms with Crippen LogP contribution in [0.2, 0.25) is 0 Å². The van der Waals surface area contributed by atoms with Crippen molar-refractivity contribution in [1.82, 2.24) is 20.9 Å². The highest BCUT2D eigenvalue weighted by Crippen LogP contribution is 2.29. The Labute approximate surface area is 186 Å². The van der Waals surface area contributed by atoms with Crippen LogP contribution in [0.3, 0.4) is 0 Å². The summed E-state index contributed by atoms with van der Waals surface area (Å²) in [5.74, 6) is 2.59. The van der Waals surface area contributed by atoms with Crippen molar-refractivity contribution < 1.29 is 14.3 Å². The van der Waals surface area contributed by atoms with Gasteiger partial charge in [-0.2, -0.15) is 0 Å². The maximum Gasteiger partial charge on any atom is 0.223 e. The second kappa shape index (κ2) is 13.7. The number of carbonyl (C=O) groups is 1. The van der Waals surface area contributed by atoms with Crippen molar-refractivity contribution in [2.75, 3.05) is 53.0 Å². The smallest absolute Gasteiger partial charge is 0.223 e. The zero-order valence-electron chi connectivity index (χ0n) is 19.5. The van der Waals surface area contributed by atoms with Crippen LogP contribution >= 0.6 is 0 Å². The summed E-state index contributed by atoms with van der Waals surface area (Å²) in [7, 11) is 1.65. The number of hydrogen-bond acceptors (Lipinski definition) is 5. The molecule has 0 aliphatic heterocycles. The summed E-state index contributed by atoms with van der Waals surface area (Å²) in [4.78, 5) is 18.7. The molecule has 0 radical (unpaired) electrons. The summed E-state index contributed by atoms with van der Waals surface area (Å²) >= 11 is 0. The average Bonchev–Trinajstić information content (AvgIpc) is 3.63. The van der Waals surface area contributed by atoms with Crippen molar-refractivity contribution in [2.24, 2.45) is 10.9 Å². The van der Waals surface area contributed by atoms with E-state index in [2.05, 4.69) is 39.7 Å². The fourth-order valence-electron chi connectivity index (χ4n) is 3.12. The van der Waals surface area contributed by atoms with E-state index in [-0.39, 0.29) is 11.8 Å². The minimum atomic E-state index is 0.162. The van der Waals surface area contributed by atoms with Gasteiger partial charge in [0.25, 0.3) is 0 Å². The van der Waals surface area contributed by atoms with Gasteiger partial charge in [0.1, 0.15) is 6.61 Å². The molecular formula is C23H39N5O3. The van der Waals surface area contributed by atoms with E-state index in [9.17, 15) is 4.79 Å². The molecule has 1 fully saturated rings. The maximum absolute atomic E-state index is 11.7. The first-order valence-corrected chi connectivity index (χ1v) is 11.4. The minimum Gasteiger partial charge on any atom is -0.493 e. The van der Waals surface area contributed by atoms with Gasteiger partial charge in [-0.3, -0.25) is 4.79 Å². The fourth-order valence-corrected chi connectivity index (χ4v) is 3.12. The third kappa shape index (κ3) is 9.04. The minimum absolute atomic E-state index is 0.162. The molecule has 1 aliphatic carbocycles. The predicted octanol–water partition coefficient (Wildman–Crippen LogP) is 2.00. The first-order valence-electron chi connectivity index (χ1n) is 11.4. The molecule has 1 aliphatic rings. The lowest BCUT2D eigenvalue weighted by atomic mass is 10.2. The van der Waals surface area contributed by atoms with Crippen LogP contribution in [-0.4, -0.2) is 69.8 Å². The molecule has 8 nitrogen and oxygen atoms in total. The molecule has 0 aromatic heterocycles. The Bertz CT molecular complexity index is 702. The zero-order chi connectivity index (χ0) is 22.5. The van der Waals surface area contributed by atoms with Crippen molar-refractivity contribution in [1.29, 1.82) is 0 Å². The summed E-state index contributed by atoms with van der Waals surface area (Å²) < 4.78 is 11.4. The van der Waals surface area contributed by atoms with Crippen LogP contribution in [0.1, 0.15) is 39.2 Å². The number of carbonyl (C=O) groups excluding carboxylic acids is 1. The number of benzene rings is 1. The Kier molecular flexibility index (Phi) is 11.0. The molecule has 1 amide bonds. The van der Waals surface area contributed by atoms with Crippen LogP contribution in [-0.2, 0) is 11.3 Å². The Hall–Kier alpha value is -2.48. The van der Waals surface area contributed by atoms with Gasteiger partial charge in [-0.1, -0.05) is 19.9 Å². The summed E-state index contributed by atoms with van der Waals surface area (Å²) in [6.07, 6.45) is 2.04. The molecule has 0 heterocycles. The van der Waals surface area contributed by atoms with Gasteiger partial charge in [-0.25, -0.2) is 4.99 Å². The van der Waals surface area contributed by atoms with E-state index < -0.39 is 0 Å². The number of hydrogen-bond donors (Lipinski definition) is 3. The molecule has 2 rings (SSSR count). The molecular weight excluding hydrogens is 394 g/mol. The molecule has 0 bridgehead atoms. The van der Waals surface area contributed by atoms with Gasteiger partial charge in [0.2, 0.25) is 5.91 Å². The molecule has 1 saturated carbocycles. The lowest BCUT2D eigenvalue weighted by Gasteiger charge is -2.19. The van der Waals surface area contributed by atoms with Gasteiger partial charge in [0.05, 0.1) is 13.7 Å². The summed E-state index contributed by atoms with van der Waals surface area (Å²) in [6.45, 7) is 12.4. The summed E-state index contributed by atoms with van der Waals surface area (Å²) in [5, 5.41) is 9.44. The van der Waals surface area contributed by atoms with Gasteiger partial charge in [0, 0.05) is 32.1 Å². The lowest BCUT2D eigenvalue weighted by Crippen LogP contribution is -2.41. The van der Waals surface area contributed by atoms with Crippen LogP contribution in [0.25, 0.3) is 0 Å².